The molecule has 0 amide bonds. The average molecular weight is 826 g/mol. The molecule has 1 saturated carbocycles. The smallest absolute Gasteiger partial charge is 0.466 e. The monoisotopic (exact) mass is 825 g/mol. The van der Waals surface area contributed by atoms with Crippen LogP contribution in [0.25, 0.3) is 0 Å². The minimum absolute atomic E-state index is 0.00627. The van der Waals surface area contributed by atoms with E-state index in [2.05, 4.69) is 27.7 Å². The van der Waals surface area contributed by atoms with Crippen LogP contribution in [0.5, 0.6) is 0 Å². The van der Waals surface area contributed by atoms with Crippen LogP contribution in [-0.4, -0.2) is 77.5 Å². The Labute approximate surface area is 340 Å². The van der Waals surface area contributed by atoms with Crippen LogP contribution in [0.1, 0.15) is 146 Å². The van der Waals surface area contributed by atoms with Crippen molar-refractivity contribution < 1.29 is 57.0 Å². The molecule has 0 aromatic carbocycles. The van der Waals surface area contributed by atoms with Crippen molar-refractivity contribution in [2.24, 2.45) is 17.6 Å². The molecule has 0 saturated heterocycles. The molecule has 1 fully saturated rings. The number of hydrogen-bond acceptors (Lipinski definition) is 12. The highest BCUT2D eigenvalue weighted by Gasteiger charge is 2.39. The van der Waals surface area contributed by atoms with Crippen LogP contribution < -0.4 is 5.73 Å². The molecule has 326 valence electrons. The molecule has 13 nitrogen and oxygen atoms in total. The maximum absolute atomic E-state index is 12.7. The zero-order valence-corrected chi connectivity index (χ0v) is 35.9. The van der Waals surface area contributed by atoms with Crippen LogP contribution in [0.15, 0.2) is 28.7 Å². The van der Waals surface area contributed by atoms with Gasteiger partial charge in [-0.1, -0.05) is 83.1 Å². The molecule has 5 N–H and O–H groups in total. The third-order valence-corrected chi connectivity index (χ3v) is 11.4. The molecule has 1 aromatic heterocycles. The molecule has 0 bridgehead atoms. The summed E-state index contributed by atoms with van der Waals surface area (Å²) in [6, 6.07) is 0. The van der Waals surface area contributed by atoms with Crippen LogP contribution in [-0.2, 0) is 50.3 Å². The first-order valence-electron chi connectivity index (χ1n) is 21.3. The number of phosphoric acid groups is 1. The summed E-state index contributed by atoms with van der Waals surface area (Å²) in [4.78, 5) is 47.7. The molecule has 0 radical (unpaired) electrons. The third-order valence-electron chi connectivity index (χ3n) is 10.4. The van der Waals surface area contributed by atoms with Crippen molar-refractivity contribution in [2.45, 2.75) is 168 Å². The lowest BCUT2D eigenvalue weighted by molar-refractivity contribution is -0.161. The second-order valence-electron chi connectivity index (χ2n) is 15.2. The van der Waals surface area contributed by atoms with E-state index in [9.17, 15) is 34.1 Å². The zero-order chi connectivity index (χ0) is 42.1. The Bertz CT molecular complexity index is 1420. The first-order valence-corrected chi connectivity index (χ1v) is 22.8. The summed E-state index contributed by atoms with van der Waals surface area (Å²) in [6.45, 7) is 7.43. The summed E-state index contributed by atoms with van der Waals surface area (Å²) < 4.78 is 38.8. The van der Waals surface area contributed by atoms with E-state index in [-0.39, 0.29) is 56.6 Å². The highest BCUT2D eigenvalue weighted by Crippen LogP contribution is 2.43. The number of Topliss-reactive ketones (excluding diaryl/α,β-unsaturated/α-hetero) is 1. The van der Waals surface area contributed by atoms with Crippen LogP contribution in [0.4, 0.5) is 0 Å². The molecule has 1 aliphatic rings. The Morgan fingerprint density at radius 3 is 2.28 bits per heavy atom. The van der Waals surface area contributed by atoms with Gasteiger partial charge >= 0.3 is 19.8 Å². The summed E-state index contributed by atoms with van der Waals surface area (Å²) >= 11 is 0. The van der Waals surface area contributed by atoms with Crippen LogP contribution in [0.3, 0.4) is 0 Å². The van der Waals surface area contributed by atoms with Crippen molar-refractivity contribution in [2.75, 3.05) is 26.4 Å². The number of aliphatic hydroxyl groups excluding tert-OH is 2. The largest absolute Gasteiger partial charge is 0.472 e. The van der Waals surface area contributed by atoms with Gasteiger partial charge < -0.3 is 34.7 Å². The molecule has 6 atom stereocenters. The fraction of sp³-hybridized carbons (Fsp3) is 0.744. The standard InChI is InChI=1S/C43H72NO12P/c1-5-7-14-20-34(45)25-26-37-36(38(46)29-39(37)47)21-15-12-13-17-23-42(48)52-30-35(31-54-57(50,51)53-28-27-44)55-43(49)24-18-11-9-8-10-16-22-41-33(4)32(3)40(56-41)19-6-2/h12,15,25-26,34-37,39,45,47H,5-11,13-14,16-24,27-31,44H2,1-4H3,(H,50,51)/b15-12-,26-25+/t34-,35+,36+,37+,39+/m0/s1. The van der Waals surface area contributed by atoms with Gasteiger partial charge in [0.25, 0.3) is 0 Å². The molecule has 1 aliphatic carbocycles. The number of esters is 2. The van der Waals surface area contributed by atoms with Gasteiger partial charge in [0, 0.05) is 50.5 Å². The van der Waals surface area contributed by atoms with Gasteiger partial charge in [-0.05, 0) is 69.9 Å². The van der Waals surface area contributed by atoms with E-state index in [0.29, 0.717) is 32.1 Å². The van der Waals surface area contributed by atoms with Gasteiger partial charge in [-0.3, -0.25) is 23.4 Å². The zero-order valence-electron chi connectivity index (χ0n) is 35.0. The van der Waals surface area contributed by atoms with E-state index in [1.165, 1.54) is 11.1 Å². The summed E-state index contributed by atoms with van der Waals surface area (Å²) in [5.41, 5.74) is 7.87. The number of carbonyl (C=O) groups is 3. The molecule has 14 heteroatoms. The molecule has 57 heavy (non-hydrogen) atoms. The van der Waals surface area contributed by atoms with E-state index in [0.717, 1.165) is 82.1 Å². The van der Waals surface area contributed by atoms with Gasteiger partial charge in [0.05, 0.1) is 25.4 Å². The second kappa shape index (κ2) is 28.7. The first kappa shape index (κ1) is 50.5. The lowest BCUT2D eigenvalue weighted by atomic mass is 9.90. The van der Waals surface area contributed by atoms with Crippen molar-refractivity contribution in [1.82, 2.24) is 0 Å². The summed E-state index contributed by atoms with van der Waals surface area (Å²) in [7, 11) is -4.46. The number of nitrogens with two attached hydrogens (primary N) is 1. The number of ketones is 1. The van der Waals surface area contributed by atoms with E-state index >= 15 is 0 Å². The Morgan fingerprint density at radius 2 is 1.58 bits per heavy atom. The molecule has 1 unspecified atom stereocenters. The Morgan fingerprint density at radius 1 is 0.895 bits per heavy atom. The summed E-state index contributed by atoms with van der Waals surface area (Å²) in [5.74, 6) is 0.400. The molecule has 1 heterocycles. The highest BCUT2D eigenvalue weighted by molar-refractivity contribution is 7.47. The molecule has 0 aliphatic heterocycles. The number of rotatable bonds is 32. The molecular weight excluding hydrogens is 753 g/mol. The third kappa shape index (κ3) is 20.8. The van der Waals surface area contributed by atoms with Crippen LogP contribution in [0.2, 0.25) is 0 Å². The number of aryl methyl sites for hydroxylation is 2. The molecule has 1 aromatic rings. The van der Waals surface area contributed by atoms with Crippen molar-refractivity contribution >= 4 is 25.5 Å². The number of unbranched alkanes of at least 4 members (excludes halogenated alkanes) is 8. The van der Waals surface area contributed by atoms with Gasteiger partial charge in [-0.2, -0.15) is 0 Å². The average Bonchev–Trinajstić information content (AvgIpc) is 3.60. The van der Waals surface area contributed by atoms with Crippen LogP contribution in [0, 0.1) is 25.7 Å². The van der Waals surface area contributed by atoms with E-state index in [1.807, 2.05) is 12.2 Å². The maximum Gasteiger partial charge on any atom is 0.472 e. The number of hydrogen-bond donors (Lipinski definition) is 4. The minimum Gasteiger partial charge on any atom is -0.466 e. The predicted octanol–water partition coefficient (Wildman–Crippen LogP) is 7.85. The SMILES string of the molecule is CCCCC[C@H](O)/C=C/[C@H]1[C@H](O)CC(=O)[C@@H]1C/C=C\CCCC(=O)OC[C@H](COP(=O)(O)OCCN)OC(=O)CCCCCCCCc1oc(CCC)c(C)c1C. The fourth-order valence-electron chi connectivity index (χ4n) is 6.90. The Balaban J connectivity index is 1.73. The molecule has 2 rings (SSSR count). The van der Waals surface area contributed by atoms with Crippen molar-refractivity contribution in [3.05, 3.63) is 47.0 Å². The quantitative estimate of drug-likeness (QED) is 0.0237. The number of aliphatic hydroxyl groups is 2. The lowest BCUT2D eigenvalue weighted by Gasteiger charge is -2.19. The van der Waals surface area contributed by atoms with Gasteiger partial charge in [0.1, 0.15) is 23.9 Å². The normalized spacial score (nSPS) is 19.4. The molecule has 0 spiro atoms. The van der Waals surface area contributed by atoms with Crippen molar-refractivity contribution in [3.8, 4) is 0 Å². The summed E-state index contributed by atoms with van der Waals surface area (Å²) in [5, 5.41) is 20.7. The first-order chi connectivity index (χ1) is 27.3. The highest BCUT2D eigenvalue weighted by atomic mass is 31.2. The minimum atomic E-state index is -4.46. The fourth-order valence-corrected chi connectivity index (χ4v) is 7.66. The number of ether oxygens (including phenoxy) is 2. The number of allylic oxidation sites excluding steroid dienone is 2. The number of carbonyl (C=O) groups excluding carboxylic acids is 3. The molecular formula is C43H72NO12P. The van der Waals surface area contributed by atoms with Gasteiger partial charge in [0.15, 0.2) is 6.10 Å². The van der Waals surface area contributed by atoms with Crippen LogP contribution >= 0.6 is 7.82 Å². The van der Waals surface area contributed by atoms with Gasteiger partial charge in [-0.25, -0.2) is 4.57 Å². The Hall–Kier alpha value is -2.64. The van der Waals surface area contributed by atoms with Crippen molar-refractivity contribution in [3.63, 3.8) is 0 Å². The van der Waals surface area contributed by atoms with E-state index in [1.54, 1.807) is 12.2 Å². The van der Waals surface area contributed by atoms with E-state index in [4.69, 9.17) is 28.7 Å². The predicted molar refractivity (Wildman–Crippen MR) is 219 cm³/mol. The van der Waals surface area contributed by atoms with Gasteiger partial charge in [-0.15, -0.1) is 0 Å². The van der Waals surface area contributed by atoms with E-state index < -0.39 is 44.7 Å². The Kier molecular flexibility index (Phi) is 25.5. The number of phosphoric ester groups is 1. The lowest BCUT2D eigenvalue weighted by Crippen LogP contribution is -2.29. The maximum atomic E-state index is 12.7. The topological polar surface area (TPSA) is 205 Å². The van der Waals surface area contributed by atoms with Crippen molar-refractivity contribution in [1.29, 1.82) is 0 Å². The van der Waals surface area contributed by atoms with Gasteiger partial charge in [0.2, 0.25) is 0 Å². The number of furan rings is 1. The summed E-state index contributed by atoms with van der Waals surface area (Å²) in [6.07, 6.45) is 18.7. The second-order valence-corrected chi connectivity index (χ2v) is 16.7.